The predicted octanol–water partition coefficient (Wildman–Crippen LogP) is 4.85. The van der Waals surface area contributed by atoms with Crippen molar-refractivity contribution in [1.29, 1.82) is 0 Å². The highest BCUT2D eigenvalue weighted by molar-refractivity contribution is 7.13. The molecule has 1 aromatic carbocycles. The first-order valence-electron chi connectivity index (χ1n) is 10.3. The summed E-state index contributed by atoms with van der Waals surface area (Å²) in [7, 11) is 0. The van der Waals surface area contributed by atoms with E-state index in [2.05, 4.69) is 44.5 Å². The fourth-order valence-electron chi connectivity index (χ4n) is 3.12. The minimum atomic E-state index is -0.148. The number of anilines is 2. The maximum absolute atomic E-state index is 12.6. The van der Waals surface area contributed by atoms with E-state index in [0.29, 0.717) is 22.3 Å². The third-order valence-corrected chi connectivity index (χ3v) is 6.15. The molecule has 8 nitrogen and oxygen atoms in total. The van der Waals surface area contributed by atoms with Gasteiger partial charge in [0.25, 0.3) is 5.91 Å². The first-order chi connectivity index (χ1) is 14.9. The van der Waals surface area contributed by atoms with Crippen molar-refractivity contribution in [2.75, 3.05) is 10.6 Å². The summed E-state index contributed by atoms with van der Waals surface area (Å²) < 4.78 is 1.82. The highest BCUT2D eigenvalue weighted by atomic mass is 32.1. The number of nitrogens with one attached hydrogen (secondary N) is 2. The van der Waals surface area contributed by atoms with Crippen molar-refractivity contribution in [3.63, 3.8) is 0 Å². The fourth-order valence-corrected chi connectivity index (χ4v) is 3.94. The molecule has 1 amide bonds. The summed E-state index contributed by atoms with van der Waals surface area (Å²) in [5, 5.41) is 11.7. The molecular weight excluding hydrogens is 410 g/mol. The lowest BCUT2D eigenvalue weighted by atomic mass is 10.1. The fraction of sp³-hybridized carbons (Fsp3) is 0.318. The molecule has 0 radical (unpaired) electrons. The van der Waals surface area contributed by atoms with Gasteiger partial charge in [-0.2, -0.15) is 5.10 Å². The molecule has 31 heavy (non-hydrogen) atoms. The van der Waals surface area contributed by atoms with E-state index in [1.54, 1.807) is 12.4 Å². The van der Waals surface area contributed by atoms with Gasteiger partial charge in [0.2, 0.25) is 5.65 Å². The van der Waals surface area contributed by atoms with E-state index < -0.39 is 0 Å². The molecular formula is C22H25N7OS. The normalized spacial score (nSPS) is 12.3. The molecule has 0 aliphatic heterocycles. The molecule has 1 atom stereocenters. The van der Waals surface area contributed by atoms with Crippen molar-refractivity contribution in [2.45, 2.75) is 46.2 Å². The molecule has 0 spiro atoms. The van der Waals surface area contributed by atoms with Crippen LogP contribution < -0.4 is 10.6 Å². The van der Waals surface area contributed by atoms with Gasteiger partial charge in [-0.15, -0.1) is 11.3 Å². The number of thiazole rings is 1. The highest BCUT2D eigenvalue weighted by Gasteiger charge is 2.14. The maximum atomic E-state index is 12.6. The number of rotatable bonds is 7. The van der Waals surface area contributed by atoms with E-state index in [9.17, 15) is 4.79 Å². The molecule has 3 heterocycles. The van der Waals surface area contributed by atoms with Gasteiger partial charge in [0.1, 0.15) is 16.2 Å². The molecule has 0 unspecified atom stereocenters. The van der Waals surface area contributed by atoms with E-state index in [1.807, 2.05) is 49.0 Å². The minimum Gasteiger partial charge on any atom is -0.362 e. The second-order valence-corrected chi connectivity index (χ2v) is 8.67. The average Bonchev–Trinajstić information content (AvgIpc) is 3.41. The lowest BCUT2D eigenvalue weighted by molar-refractivity contribution is 0.103. The number of carbonyl (C=O) groups excluding carboxylic acids is 1. The van der Waals surface area contributed by atoms with Crippen molar-refractivity contribution in [2.24, 2.45) is 0 Å². The number of carbonyl (C=O) groups is 1. The Labute approximate surface area is 184 Å². The molecule has 2 N–H and O–H groups in total. The lowest BCUT2D eigenvalue weighted by Gasteiger charge is -2.16. The molecule has 0 aliphatic carbocycles. The Bertz CT molecular complexity index is 1210. The van der Waals surface area contributed by atoms with Gasteiger partial charge in [-0.1, -0.05) is 26.0 Å². The first kappa shape index (κ1) is 20.9. The Morgan fingerprint density at radius 2 is 2.03 bits per heavy atom. The van der Waals surface area contributed by atoms with E-state index in [4.69, 9.17) is 0 Å². The quantitative estimate of drug-likeness (QED) is 0.431. The Balaban J connectivity index is 1.46. The molecule has 4 rings (SSSR count). The zero-order valence-corrected chi connectivity index (χ0v) is 18.8. The van der Waals surface area contributed by atoms with Gasteiger partial charge in [0.05, 0.1) is 29.6 Å². The average molecular weight is 436 g/mol. The summed E-state index contributed by atoms with van der Waals surface area (Å²) in [5.74, 6) is 0.812. The van der Waals surface area contributed by atoms with Gasteiger partial charge in [-0.05, 0) is 31.5 Å². The van der Waals surface area contributed by atoms with Gasteiger partial charge in [0.15, 0.2) is 0 Å². The third-order valence-electron chi connectivity index (χ3n) is 4.85. The molecule has 3 aromatic heterocycles. The van der Waals surface area contributed by atoms with Crippen molar-refractivity contribution < 1.29 is 4.79 Å². The van der Waals surface area contributed by atoms with Crippen LogP contribution in [0.1, 0.15) is 59.9 Å². The van der Waals surface area contributed by atoms with Crippen LogP contribution >= 0.6 is 11.3 Å². The minimum absolute atomic E-state index is 0.0344. The summed E-state index contributed by atoms with van der Waals surface area (Å²) in [5.41, 5.74) is 3.14. The molecule has 160 valence electrons. The number of nitrogens with zero attached hydrogens (tertiary/aromatic N) is 5. The number of aryl methyl sites for hydroxylation is 1. The van der Waals surface area contributed by atoms with E-state index in [1.165, 1.54) is 11.3 Å². The molecule has 0 saturated heterocycles. The second kappa shape index (κ2) is 8.81. The van der Waals surface area contributed by atoms with Gasteiger partial charge in [-0.3, -0.25) is 9.48 Å². The van der Waals surface area contributed by atoms with Crippen LogP contribution in [-0.2, 0) is 6.54 Å². The number of benzene rings is 1. The summed E-state index contributed by atoms with van der Waals surface area (Å²) in [6.07, 6.45) is 5.23. The Kier molecular flexibility index (Phi) is 5.94. The molecule has 0 aliphatic rings. The van der Waals surface area contributed by atoms with Crippen LogP contribution in [0.25, 0.3) is 11.2 Å². The summed E-state index contributed by atoms with van der Waals surface area (Å²) in [4.78, 5) is 26.5. The molecule has 4 aromatic rings. The van der Waals surface area contributed by atoms with Crippen LogP contribution in [0, 0.1) is 0 Å². The van der Waals surface area contributed by atoms with Gasteiger partial charge >= 0.3 is 0 Å². The highest BCUT2D eigenvalue weighted by Crippen LogP contribution is 2.24. The smallest absolute Gasteiger partial charge is 0.267 e. The monoisotopic (exact) mass is 435 g/mol. The predicted molar refractivity (Wildman–Crippen MR) is 124 cm³/mol. The topological polar surface area (TPSA) is 97.6 Å². The third kappa shape index (κ3) is 4.72. The number of hydrogen-bond donors (Lipinski definition) is 2. The van der Waals surface area contributed by atoms with Crippen molar-refractivity contribution >= 4 is 39.9 Å². The molecule has 0 fully saturated rings. The van der Waals surface area contributed by atoms with Crippen LogP contribution in [0.2, 0.25) is 0 Å². The van der Waals surface area contributed by atoms with Crippen LogP contribution in [0.15, 0.2) is 42.9 Å². The van der Waals surface area contributed by atoms with Crippen LogP contribution in [-0.4, -0.2) is 30.6 Å². The number of fused-ring (bicyclic) bond motifs is 1. The molecule has 0 bridgehead atoms. The lowest BCUT2D eigenvalue weighted by Crippen LogP contribution is -2.12. The zero-order chi connectivity index (χ0) is 22.0. The van der Waals surface area contributed by atoms with Crippen LogP contribution in [0.4, 0.5) is 11.5 Å². The zero-order valence-electron chi connectivity index (χ0n) is 18.0. The number of hydrogen-bond acceptors (Lipinski definition) is 7. The molecule has 0 saturated carbocycles. The van der Waals surface area contributed by atoms with Crippen LogP contribution in [0.3, 0.4) is 0 Å². The summed E-state index contributed by atoms with van der Waals surface area (Å²) >= 11 is 1.43. The largest absolute Gasteiger partial charge is 0.362 e. The summed E-state index contributed by atoms with van der Waals surface area (Å²) in [6.45, 7) is 8.97. The van der Waals surface area contributed by atoms with Crippen molar-refractivity contribution in [3.05, 3.63) is 58.3 Å². The van der Waals surface area contributed by atoms with Gasteiger partial charge in [0, 0.05) is 18.2 Å². The standard InChI is InChI=1S/C22H25N7OS/c1-5-29-12-17-20(28-29)27-19(11-23-17)25-14(4)15-7-6-8-16(9-15)26-21(30)18-10-24-22(31-18)13(2)3/h6-14H,5H2,1-4H3,(H,26,30)(H,25,27,28)/t14-/m0/s1. The Hall–Kier alpha value is -3.33. The van der Waals surface area contributed by atoms with E-state index >= 15 is 0 Å². The second-order valence-electron chi connectivity index (χ2n) is 7.61. The maximum Gasteiger partial charge on any atom is 0.267 e. The van der Waals surface area contributed by atoms with Crippen LogP contribution in [0.5, 0.6) is 0 Å². The Morgan fingerprint density at radius 1 is 1.19 bits per heavy atom. The summed E-state index contributed by atoms with van der Waals surface area (Å²) in [6, 6.07) is 7.73. The van der Waals surface area contributed by atoms with E-state index in [-0.39, 0.29) is 11.9 Å². The van der Waals surface area contributed by atoms with Crippen molar-refractivity contribution in [3.8, 4) is 0 Å². The van der Waals surface area contributed by atoms with E-state index in [0.717, 1.165) is 28.3 Å². The number of aromatic nitrogens is 5. The first-order valence-corrected chi connectivity index (χ1v) is 11.1. The van der Waals surface area contributed by atoms with Crippen molar-refractivity contribution in [1.82, 2.24) is 24.7 Å². The molecule has 9 heteroatoms. The van der Waals surface area contributed by atoms with Gasteiger partial charge < -0.3 is 10.6 Å². The number of amides is 1. The SMILES string of the molecule is CCn1cc2ncc(N[C@@H](C)c3cccc(NC(=O)c4cnc(C(C)C)s4)c3)nc2n1. The Morgan fingerprint density at radius 3 is 2.77 bits per heavy atom. The van der Waals surface area contributed by atoms with Gasteiger partial charge in [-0.25, -0.2) is 15.0 Å².